The van der Waals surface area contributed by atoms with Gasteiger partial charge < -0.3 is 4.74 Å². The standard InChI is InChI=1S/C9H14O4S/c1-6-4-5-7(6)8(9(10)13-2)14(3,11)12/h4,7-8H,5H2,1-3H3. The van der Waals surface area contributed by atoms with Gasteiger partial charge in [0, 0.05) is 12.2 Å². The third-order valence-corrected chi connectivity index (χ3v) is 3.98. The fourth-order valence-corrected chi connectivity index (χ4v) is 2.97. The van der Waals surface area contributed by atoms with Crippen LogP contribution in [0.25, 0.3) is 0 Å². The number of ether oxygens (including phenoxy) is 1. The Bertz CT molecular complexity index is 366. The first-order chi connectivity index (χ1) is 6.38. The van der Waals surface area contributed by atoms with Crippen molar-refractivity contribution in [2.24, 2.45) is 5.92 Å². The predicted molar refractivity (Wildman–Crippen MR) is 52.5 cm³/mol. The molecule has 0 N–H and O–H groups in total. The first kappa shape index (κ1) is 11.2. The Balaban J connectivity index is 2.96. The van der Waals surface area contributed by atoms with Crippen LogP contribution < -0.4 is 0 Å². The quantitative estimate of drug-likeness (QED) is 0.512. The summed E-state index contributed by atoms with van der Waals surface area (Å²) in [6.45, 7) is 1.83. The molecule has 80 valence electrons. The van der Waals surface area contributed by atoms with Crippen molar-refractivity contribution in [1.29, 1.82) is 0 Å². The lowest BCUT2D eigenvalue weighted by Gasteiger charge is -2.29. The van der Waals surface area contributed by atoms with E-state index in [1.165, 1.54) is 7.11 Å². The highest BCUT2D eigenvalue weighted by Gasteiger charge is 2.40. The summed E-state index contributed by atoms with van der Waals surface area (Å²) in [4.78, 5) is 11.3. The van der Waals surface area contributed by atoms with Crippen LogP contribution in [-0.4, -0.2) is 33.0 Å². The van der Waals surface area contributed by atoms with Crippen LogP contribution in [0.5, 0.6) is 0 Å². The highest BCUT2D eigenvalue weighted by molar-refractivity contribution is 7.92. The molecular weight excluding hydrogens is 204 g/mol. The van der Waals surface area contributed by atoms with Gasteiger partial charge in [0.15, 0.2) is 15.1 Å². The molecular formula is C9H14O4S. The molecule has 0 radical (unpaired) electrons. The third-order valence-electron chi connectivity index (χ3n) is 2.54. The van der Waals surface area contributed by atoms with Gasteiger partial charge in [-0.2, -0.15) is 0 Å². The summed E-state index contributed by atoms with van der Waals surface area (Å²) in [6.07, 6.45) is 3.63. The second kappa shape index (κ2) is 3.73. The number of carbonyl (C=O) groups excluding carboxylic acids is 1. The number of hydrogen-bond acceptors (Lipinski definition) is 4. The van der Waals surface area contributed by atoms with Gasteiger partial charge >= 0.3 is 5.97 Å². The molecule has 0 aromatic heterocycles. The molecule has 4 nitrogen and oxygen atoms in total. The van der Waals surface area contributed by atoms with Gasteiger partial charge in [-0.05, 0) is 13.3 Å². The summed E-state index contributed by atoms with van der Waals surface area (Å²) in [5.41, 5.74) is 0.950. The summed E-state index contributed by atoms with van der Waals surface area (Å²) in [5, 5.41) is -1.03. The topological polar surface area (TPSA) is 60.4 Å². The van der Waals surface area contributed by atoms with Gasteiger partial charge in [-0.15, -0.1) is 0 Å². The molecule has 1 aliphatic carbocycles. The fraction of sp³-hybridized carbons (Fsp3) is 0.667. The number of hydrogen-bond donors (Lipinski definition) is 0. The largest absolute Gasteiger partial charge is 0.468 e. The van der Waals surface area contributed by atoms with Gasteiger partial charge in [0.25, 0.3) is 0 Å². The van der Waals surface area contributed by atoms with Gasteiger partial charge in [-0.25, -0.2) is 8.42 Å². The zero-order valence-electron chi connectivity index (χ0n) is 8.48. The van der Waals surface area contributed by atoms with E-state index in [-0.39, 0.29) is 5.92 Å². The monoisotopic (exact) mass is 218 g/mol. The molecule has 2 atom stereocenters. The van der Waals surface area contributed by atoms with Crippen molar-refractivity contribution in [2.45, 2.75) is 18.6 Å². The van der Waals surface area contributed by atoms with Crippen molar-refractivity contribution in [3.63, 3.8) is 0 Å². The minimum atomic E-state index is -3.38. The maximum Gasteiger partial charge on any atom is 0.324 e. The average molecular weight is 218 g/mol. The number of esters is 1. The molecule has 0 heterocycles. The first-order valence-electron chi connectivity index (χ1n) is 4.31. The van der Waals surface area contributed by atoms with E-state index in [1.807, 2.05) is 13.0 Å². The van der Waals surface area contributed by atoms with Crippen LogP contribution in [-0.2, 0) is 19.4 Å². The Labute approximate surface area is 83.9 Å². The zero-order valence-corrected chi connectivity index (χ0v) is 9.30. The van der Waals surface area contributed by atoms with Gasteiger partial charge in [0.1, 0.15) is 0 Å². The molecule has 1 aliphatic rings. The van der Waals surface area contributed by atoms with E-state index in [0.29, 0.717) is 6.42 Å². The number of allylic oxidation sites excluding steroid dienone is 2. The first-order valence-corrected chi connectivity index (χ1v) is 6.26. The van der Waals surface area contributed by atoms with E-state index in [9.17, 15) is 13.2 Å². The van der Waals surface area contributed by atoms with Crippen molar-refractivity contribution in [2.75, 3.05) is 13.4 Å². The Morgan fingerprint density at radius 1 is 1.64 bits per heavy atom. The van der Waals surface area contributed by atoms with Crippen molar-refractivity contribution in [3.05, 3.63) is 11.6 Å². The van der Waals surface area contributed by atoms with E-state index in [0.717, 1.165) is 11.8 Å². The highest BCUT2D eigenvalue weighted by Crippen LogP contribution is 2.33. The third kappa shape index (κ3) is 1.97. The van der Waals surface area contributed by atoms with Gasteiger partial charge in [-0.3, -0.25) is 4.79 Å². The van der Waals surface area contributed by atoms with Crippen LogP contribution in [0.4, 0.5) is 0 Å². The lowest BCUT2D eigenvalue weighted by atomic mass is 9.83. The molecule has 0 saturated carbocycles. The molecule has 0 spiro atoms. The lowest BCUT2D eigenvalue weighted by Crippen LogP contribution is -2.40. The van der Waals surface area contributed by atoms with E-state index < -0.39 is 21.1 Å². The van der Waals surface area contributed by atoms with Crippen LogP contribution in [0.1, 0.15) is 13.3 Å². The number of rotatable bonds is 3. The molecule has 0 fully saturated rings. The molecule has 0 amide bonds. The normalized spacial score (nSPS) is 23.4. The van der Waals surface area contributed by atoms with Crippen LogP contribution in [0.2, 0.25) is 0 Å². The second-order valence-electron chi connectivity index (χ2n) is 3.56. The summed E-state index contributed by atoms with van der Waals surface area (Å²) in [5.74, 6) is -0.859. The molecule has 0 bridgehead atoms. The minimum absolute atomic E-state index is 0.197. The summed E-state index contributed by atoms with van der Waals surface area (Å²) >= 11 is 0. The van der Waals surface area contributed by atoms with E-state index in [1.54, 1.807) is 0 Å². The van der Waals surface area contributed by atoms with Crippen LogP contribution in [0.3, 0.4) is 0 Å². The second-order valence-corrected chi connectivity index (χ2v) is 5.73. The van der Waals surface area contributed by atoms with Gasteiger partial charge in [0.2, 0.25) is 0 Å². The van der Waals surface area contributed by atoms with Crippen molar-refractivity contribution in [3.8, 4) is 0 Å². The Kier molecular flexibility index (Phi) is 2.99. The Morgan fingerprint density at radius 3 is 2.43 bits per heavy atom. The molecule has 1 rings (SSSR count). The molecule has 0 aliphatic heterocycles. The number of methoxy groups -OCH3 is 1. The lowest BCUT2D eigenvalue weighted by molar-refractivity contribution is -0.141. The Morgan fingerprint density at radius 2 is 2.21 bits per heavy atom. The molecule has 5 heteroatoms. The van der Waals surface area contributed by atoms with E-state index in [4.69, 9.17) is 0 Å². The highest BCUT2D eigenvalue weighted by atomic mass is 32.2. The Hall–Kier alpha value is -0.840. The summed E-state index contributed by atoms with van der Waals surface area (Å²) in [6, 6.07) is 0. The maximum absolute atomic E-state index is 11.4. The average Bonchev–Trinajstić information content (AvgIpc) is 2.08. The molecule has 0 aromatic carbocycles. The maximum atomic E-state index is 11.4. The van der Waals surface area contributed by atoms with Crippen molar-refractivity contribution in [1.82, 2.24) is 0 Å². The smallest absolute Gasteiger partial charge is 0.324 e. The van der Waals surface area contributed by atoms with Crippen LogP contribution in [0.15, 0.2) is 11.6 Å². The summed E-state index contributed by atoms with van der Waals surface area (Å²) < 4.78 is 27.3. The number of sulfone groups is 1. The molecule has 0 saturated heterocycles. The van der Waals surface area contributed by atoms with Gasteiger partial charge in [0.05, 0.1) is 7.11 Å². The molecule has 0 aromatic rings. The van der Waals surface area contributed by atoms with Crippen LogP contribution in [0, 0.1) is 5.92 Å². The predicted octanol–water partition coefficient (Wildman–Crippen LogP) is 0.539. The molecule has 14 heavy (non-hydrogen) atoms. The summed E-state index contributed by atoms with van der Waals surface area (Å²) in [7, 11) is -2.18. The minimum Gasteiger partial charge on any atom is -0.468 e. The van der Waals surface area contributed by atoms with Crippen molar-refractivity contribution < 1.29 is 17.9 Å². The van der Waals surface area contributed by atoms with E-state index in [2.05, 4.69) is 4.74 Å². The van der Waals surface area contributed by atoms with E-state index >= 15 is 0 Å². The fourth-order valence-electron chi connectivity index (χ4n) is 1.61. The van der Waals surface area contributed by atoms with Crippen molar-refractivity contribution >= 4 is 15.8 Å². The zero-order chi connectivity index (χ0) is 10.9. The molecule has 2 unspecified atom stereocenters. The van der Waals surface area contributed by atoms with Crippen LogP contribution >= 0.6 is 0 Å². The SMILES string of the molecule is COC(=O)C(C1CC=C1C)S(C)(=O)=O. The van der Waals surface area contributed by atoms with Gasteiger partial charge in [-0.1, -0.05) is 11.6 Å². The number of carbonyl (C=O) groups is 1.